The molecule has 0 spiro atoms. The first kappa shape index (κ1) is 19.6. The molecule has 4 rings (SSSR count). The first-order valence-electron chi connectivity index (χ1n) is 10.4. The molecule has 1 heterocycles. The van der Waals surface area contributed by atoms with Crippen LogP contribution in [0, 0.1) is 5.82 Å². The Kier molecular flexibility index (Phi) is 6.17. The van der Waals surface area contributed by atoms with E-state index in [0.29, 0.717) is 12.8 Å². The van der Waals surface area contributed by atoms with Crippen molar-refractivity contribution in [3.05, 3.63) is 59.4 Å². The number of hydrogen-bond acceptors (Lipinski definition) is 3. The number of urea groups is 1. The molecule has 0 bridgehead atoms. The summed E-state index contributed by atoms with van der Waals surface area (Å²) in [6, 6.07) is 12.3. The molecule has 0 unspecified atom stereocenters. The van der Waals surface area contributed by atoms with E-state index in [-0.39, 0.29) is 30.7 Å². The van der Waals surface area contributed by atoms with Gasteiger partial charge in [0.25, 0.3) is 0 Å². The molecule has 5 nitrogen and oxygen atoms in total. The van der Waals surface area contributed by atoms with Crippen molar-refractivity contribution in [1.82, 2.24) is 10.6 Å². The van der Waals surface area contributed by atoms with Crippen molar-refractivity contribution >= 4 is 6.03 Å². The van der Waals surface area contributed by atoms with Crippen molar-refractivity contribution in [2.45, 2.75) is 57.0 Å². The fraction of sp³-hybridized carbons (Fsp3) is 0.435. The predicted octanol–water partition coefficient (Wildman–Crippen LogP) is 4.34. The minimum absolute atomic E-state index is 0.121. The van der Waals surface area contributed by atoms with E-state index in [1.165, 1.54) is 31.4 Å². The van der Waals surface area contributed by atoms with Crippen LogP contribution in [0.1, 0.15) is 43.2 Å². The molecule has 2 aromatic rings. The summed E-state index contributed by atoms with van der Waals surface area (Å²) in [4.78, 5) is 12.6. The SMILES string of the molecule is O=C(NC1CCCCC1)N[C@@H](Cc1ccc(F)cc1)Cc1ccc2c(c1)OCO2. The number of ether oxygens (including phenoxy) is 2. The number of benzene rings is 2. The molecule has 0 saturated heterocycles. The van der Waals surface area contributed by atoms with Gasteiger partial charge in [0, 0.05) is 12.1 Å². The lowest BCUT2D eigenvalue weighted by molar-refractivity contribution is 0.174. The van der Waals surface area contributed by atoms with Gasteiger partial charge in [0.05, 0.1) is 0 Å². The van der Waals surface area contributed by atoms with Crippen LogP contribution >= 0.6 is 0 Å². The minimum Gasteiger partial charge on any atom is -0.454 e. The maximum atomic E-state index is 13.3. The number of fused-ring (bicyclic) bond motifs is 1. The summed E-state index contributed by atoms with van der Waals surface area (Å²) in [5.74, 6) is 1.21. The Hall–Kier alpha value is -2.76. The Morgan fingerprint density at radius 1 is 0.966 bits per heavy atom. The number of halogens is 1. The Labute approximate surface area is 170 Å². The lowest BCUT2D eigenvalue weighted by atomic mass is 9.95. The highest BCUT2D eigenvalue weighted by Crippen LogP contribution is 2.33. The Morgan fingerprint density at radius 3 is 2.45 bits per heavy atom. The van der Waals surface area contributed by atoms with Gasteiger partial charge in [-0.25, -0.2) is 9.18 Å². The van der Waals surface area contributed by atoms with Gasteiger partial charge in [0.2, 0.25) is 6.79 Å². The fourth-order valence-corrected chi connectivity index (χ4v) is 4.09. The molecule has 1 saturated carbocycles. The van der Waals surface area contributed by atoms with E-state index in [9.17, 15) is 9.18 Å². The number of carbonyl (C=O) groups is 1. The second-order valence-electron chi connectivity index (χ2n) is 7.87. The first-order chi connectivity index (χ1) is 14.2. The summed E-state index contributed by atoms with van der Waals surface area (Å²) >= 11 is 0. The average Bonchev–Trinajstić information content (AvgIpc) is 3.18. The molecule has 2 N–H and O–H groups in total. The largest absolute Gasteiger partial charge is 0.454 e. The smallest absolute Gasteiger partial charge is 0.315 e. The molecule has 0 radical (unpaired) electrons. The molecule has 29 heavy (non-hydrogen) atoms. The normalized spacial score (nSPS) is 17.0. The van der Waals surface area contributed by atoms with E-state index in [1.807, 2.05) is 18.2 Å². The molecule has 0 aromatic heterocycles. The molecule has 2 aliphatic rings. The fourth-order valence-electron chi connectivity index (χ4n) is 4.09. The van der Waals surface area contributed by atoms with E-state index >= 15 is 0 Å². The zero-order valence-electron chi connectivity index (χ0n) is 16.5. The molecule has 2 aromatic carbocycles. The molecule has 154 valence electrons. The highest BCUT2D eigenvalue weighted by Gasteiger charge is 2.20. The zero-order valence-corrected chi connectivity index (χ0v) is 16.5. The van der Waals surface area contributed by atoms with Gasteiger partial charge >= 0.3 is 6.03 Å². The first-order valence-corrected chi connectivity index (χ1v) is 10.4. The number of rotatable bonds is 6. The van der Waals surface area contributed by atoms with E-state index in [4.69, 9.17) is 9.47 Å². The highest BCUT2D eigenvalue weighted by atomic mass is 19.1. The quantitative estimate of drug-likeness (QED) is 0.761. The number of hydrogen-bond donors (Lipinski definition) is 2. The summed E-state index contributed by atoms with van der Waals surface area (Å²) < 4.78 is 24.1. The van der Waals surface area contributed by atoms with Crippen molar-refractivity contribution in [1.29, 1.82) is 0 Å². The van der Waals surface area contributed by atoms with Gasteiger partial charge in [-0.15, -0.1) is 0 Å². The predicted molar refractivity (Wildman–Crippen MR) is 109 cm³/mol. The summed E-state index contributed by atoms with van der Waals surface area (Å²) in [6.07, 6.45) is 6.93. The lowest BCUT2D eigenvalue weighted by Crippen LogP contribution is -2.48. The van der Waals surface area contributed by atoms with Crippen LogP contribution in [0.5, 0.6) is 11.5 Å². The van der Waals surface area contributed by atoms with Crippen molar-refractivity contribution < 1.29 is 18.7 Å². The van der Waals surface area contributed by atoms with E-state index in [1.54, 1.807) is 12.1 Å². The van der Waals surface area contributed by atoms with Crippen molar-refractivity contribution in [2.75, 3.05) is 6.79 Å². The van der Waals surface area contributed by atoms with Gasteiger partial charge in [0.1, 0.15) is 5.82 Å². The monoisotopic (exact) mass is 398 g/mol. The van der Waals surface area contributed by atoms with E-state index < -0.39 is 0 Å². The third-order valence-corrected chi connectivity index (χ3v) is 5.59. The van der Waals surface area contributed by atoms with E-state index in [2.05, 4.69) is 10.6 Å². The lowest BCUT2D eigenvalue weighted by Gasteiger charge is -2.25. The third-order valence-electron chi connectivity index (χ3n) is 5.59. The molecule has 1 aliphatic carbocycles. The highest BCUT2D eigenvalue weighted by molar-refractivity contribution is 5.74. The van der Waals surface area contributed by atoms with Crippen LogP contribution in [0.25, 0.3) is 0 Å². The summed E-state index contributed by atoms with van der Waals surface area (Å²) in [5, 5.41) is 6.24. The van der Waals surface area contributed by atoms with Crippen molar-refractivity contribution in [2.24, 2.45) is 0 Å². The third kappa shape index (κ3) is 5.40. The molecular weight excluding hydrogens is 371 g/mol. The number of carbonyl (C=O) groups excluding carboxylic acids is 1. The Bertz CT molecular complexity index is 835. The van der Waals surface area contributed by atoms with Gasteiger partial charge in [-0.3, -0.25) is 0 Å². The second kappa shape index (κ2) is 9.16. The van der Waals surface area contributed by atoms with Gasteiger partial charge < -0.3 is 20.1 Å². The summed E-state index contributed by atoms with van der Waals surface area (Å²) in [7, 11) is 0. The maximum absolute atomic E-state index is 13.3. The molecule has 6 heteroatoms. The molecule has 1 atom stereocenters. The molecular formula is C23H27FN2O3. The van der Waals surface area contributed by atoms with Crippen LogP contribution in [-0.2, 0) is 12.8 Å². The summed E-state index contributed by atoms with van der Waals surface area (Å²) in [5.41, 5.74) is 2.04. The van der Waals surface area contributed by atoms with Crippen LogP contribution in [-0.4, -0.2) is 24.9 Å². The van der Waals surface area contributed by atoms with Crippen molar-refractivity contribution in [3.63, 3.8) is 0 Å². The van der Waals surface area contributed by atoms with Crippen LogP contribution in [0.4, 0.5) is 9.18 Å². The standard InChI is InChI=1S/C23H27FN2O3/c24-18-9-6-16(7-10-18)12-20(26-23(27)25-19-4-2-1-3-5-19)13-17-8-11-21-22(14-17)29-15-28-21/h6-11,14,19-20H,1-5,12-13,15H2,(H2,25,26,27)/t20-/m0/s1. The molecule has 2 amide bonds. The van der Waals surface area contributed by atoms with Gasteiger partial charge in [-0.2, -0.15) is 0 Å². The minimum atomic E-state index is -0.260. The second-order valence-corrected chi connectivity index (χ2v) is 7.87. The summed E-state index contributed by atoms with van der Waals surface area (Å²) in [6.45, 7) is 0.236. The zero-order chi connectivity index (χ0) is 20.1. The van der Waals surface area contributed by atoms with Gasteiger partial charge in [-0.05, 0) is 61.1 Å². The van der Waals surface area contributed by atoms with Crippen LogP contribution in [0.15, 0.2) is 42.5 Å². The van der Waals surface area contributed by atoms with Gasteiger partial charge in [0.15, 0.2) is 11.5 Å². The Morgan fingerprint density at radius 2 is 1.66 bits per heavy atom. The van der Waals surface area contributed by atoms with Crippen LogP contribution in [0.2, 0.25) is 0 Å². The Balaban J connectivity index is 1.44. The molecule has 1 aliphatic heterocycles. The number of nitrogens with one attached hydrogen (secondary N) is 2. The van der Waals surface area contributed by atoms with Gasteiger partial charge in [-0.1, -0.05) is 37.5 Å². The average molecular weight is 398 g/mol. The maximum Gasteiger partial charge on any atom is 0.315 e. The van der Waals surface area contributed by atoms with Crippen LogP contribution in [0.3, 0.4) is 0 Å². The number of amides is 2. The van der Waals surface area contributed by atoms with Crippen LogP contribution < -0.4 is 20.1 Å². The molecule has 1 fully saturated rings. The topological polar surface area (TPSA) is 59.6 Å². The van der Waals surface area contributed by atoms with E-state index in [0.717, 1.165) is 35.5 Å². The van der Waals surface area contributed by atoms with Crippen molar-refractivity contribution in [3.8, 4) is 11.5 Å².